The van der Waals surface area contributed by atoms with Gasteiger partial charge in [-0.15, -0.1) is 0 Å². The molecule has 0 amide bonds. The standard InChI is InChI=1S/C6H15AsO2/c1-2-7(3-5-8)4-6-9/h8-9H,2-6H2,1H3. The van der Waals surface area contributed by atoms with Gasteiger partial charge in [0.05, 0.1) is 0 Å². The third kappa shape index (κ3) is 4.95. The molecule has 0 heterocycles. The Labute approximate surface area is 61.2 Å². The molecule has 2 N–H and O–H groups in total. The van der Waals surface area contributed by atoms with Gasteiger partial charge in [0.1, 0.15) is 0 Å². The fraction of sp³-hybridized carbons (Fsp3) is 1.00. The molecule has 0 aliphatic rings. The molecule has 0 aromatic heterocycles. The average molecular weight is 194 g/mol. The number of hydrogen-bond acceptors (Lipinski definition) is 2. The van der Waals surface area contributed by atoms with Crippen LogP contribution in [0, 0.1) is 0 Å². The summed E-state index contributed by atoms with van der Waals surface area (Å²) < 4.78 is 0. The van der Waals surface area contributed by atoms with E-state index in [0.29, 0.717) is 13.2 Å². The number of hydrogen-bond donors (Lipinski definition) is 2. The van der Waals surface area contributed by atoms with E-state index in [4.69, 9.17) is 10.2 Å². The Kier molecular flexibility index (Phi) is 6.95. The van der Waals surface area contributed by atoms with Gasteiger partial charge in [0.2, 0.25) is 0 Å². The molecule has 3 heteroatoms. The third-order valence-corrected chi connectivity index (χ3v) is 6.65. The molecule has 0 aliphatic heterocycles. The first-order valence-electron chi connectivity index (χ1n) is 3.29. The molecule has 0 radical (unpaired) electrons. The summed E-state index contributed by atoms with van der Waals surface area (Å²) in [5.74, 6) is 0. The Morgan fingerprint density at radius 2 is 1.56 bits per heavy atom. The van der Waals surface area contributed by atoms with Crippen molar-refractivity contribution in [3.8, 4) is 0 Å². The summed E-state index contributed by atoms with van der Waals surface area (Å²) in [6.45, 7) is 2.77. The van der Waals surface area contributed by atoms with Gasteiger partial charge >= 0.3 is 60.6 Å². The molecule has 0 atom stereocenters. The van der Waals surface area contributed by atoms with E-state index in [0.717, 1.165) is 10.4 Å². The van der Waals surface area contributed by atoms with Gasteiger partial charge in [0.15, 0.2) is 0 Å². The summed E-state index contributed by atoms with van der Waals surface area (Å²) in [5.41, 5.74) is 0. The van der Waals surface area contributed by atoms with Crippen LogP contribution >= 0.6 is 0 Å². The Morgan fingerprint density at radius 3 is 1.78 bits per heavy atom. The van der Waals surface area contributed by atoms with Gasteiger partial charge in [0, 0.05) is 0 Å². The van der Waals surface area contributed by atoms with E-state index in [1.807, 2.05) is 0 Å². The molecule has 0 aliphatic carbocycles. The average Bonchev–Trinajstić information content (AvgIpc) is 1.88. The molecule has 0 rings (SSSR count). The van der Waals surface area contributed by atoms with Gasteiger partial charge in [-0.25, -0.2) is 0 Å². The van der Waals surface area contributed by atoms with Crippen molar-refractivity contribution in [2.75, 3.05) is 13.2 Å². The minimum atomic E-state index is -0.774. The van der Waals surface area contributed by atoms with Gasteiger partial charge in [0.25, 0.3) is 0 Å². The van der Waals surface area contributed by atoms with E-state index in [9.17, 15) is 0 Å². The van der Waals surface area contributed by atoms with E-state index < -0.39 is 14.7 Å². The summed E-state index contributed by atoms with van der Waals surface area (Å²) in [5, 5.41) is 20.3. The topological polar surface area (TPSA) is 40.5 Å². The van der Waals surface area contributed by atoms with Crippen molar-refractivity contribution in [1.29, 1.82) is 0 Å². The molecule has 2 nitrogen and oxygen atoms in total. The van der Waals surface area contributed by atoms with Crippen LogP contribution in [0.4, 0.5) is 0 Å². The van der Waals surface area contributed by atoms with Gasteiger partial charge in [-0.1, -0.05) is 0 Å². The molecular weight excluding hydrogens is 179 g/mol. The first-order chi connectivity index (χ1) is 4.35. The Balaban J connectivity index is 3.18. The second kappa shape index (κ2) is 6.60. The van der Waals surface area contributed by atoms with Crippen LogP contribution in [-0.4, -0.2) is 38.1 Å². The van der Waals surface area contributed by atoms with E-state index in [-0.39, 0.29) is 0 Å². The van der Waals surface area contributed by atoms with Crippen LogP contribution in [0.3, 0.4) is 0 Å². The molecule has 0 fully saturated rings. The maximum atomic E-state index is 8.55. The van der Waals surface area contributed by atoms with Crippen molar-refractivity contribution in [3.05, 3.63) is 0 Å². The quantitative estimate of drug-likeness (QED) is 0.625. The molecule has 0 bridgehead atoms. The predicted octanol–water partition coefficient (Wildman–Crippen LogP) is 0.486. The van der Waals surface area contributed by atoms with Gasteiger partial charge in [-0.3, -0.25) is 0 Å². The number of rotatable bonds is 5. The zero-order valence-corrected chi connectivity index (χ0v) is 7.75. The van der Waals surface area contributed by atoms with Crippen LogP contribution in [0.1, 0.15) is 6.92 Å². The van der Waals surface area contributed by atoms with Crippen LogP contribution in [-0.2, 0) is 0 Å². The SMILES string of the molecule is CC[As](CCO)CCO. The normalized spacial score (nSPS) is 10.7. The van der Waals surface area contributed by atoms with E-state index in [2.05, 4.69) is 6.92 Å². The van der Waals surface area contributed by atoms with Gasteiger partial charge in [-0.05, 0) is 0 Å². The summed E-state index contributed by atoms with van der Waals surface area (Å²) in [6.07, 6.45) is 0. The molecule has 0 unspecified atom stereocenters. The first-order valence-corrected chi connectivity index (χ1v) is 7.27. The molecule has 0 aromatic rings. The predicted molar refractivity (Wildman–Crippen MR) is 40.0 cm³/mol. The third-order valence-electron chi connectivity index (χ3n) is 1.28. The van der Waals surface area contributed by atoms with Gasteiger partial charge < -0.3 is 0 Å². The van der Waals surface area contributed by atoms with Crippen molar-refractivity contribution in [2.24, 2.45) is 0 Å². The number of aliphatic hydroxyl groups excluding tert-OH is 2. The minimum absolute atomic E-state index is 0.313. The molecular formula is C6H15AsO2. The van der Waals surface area contributed by atoms with Crippen LogP contribution in [0.5, 0.6) is 0 Å². The van der Waals surface area contributed by atoms with E-state index >= 15 is 0 Å². The zero-order chi connectivity index (χ0) is 7.11. The van der Waals surface area contributed by atoms with Crippen LogP contribution < -0.4 is 0 Å². The van der Waals surface area contributed by atoms with Crippen LogP contribution in [0.25, 0.3) is 0 Å². The first kappa shape index (κ1) is 9.48. The van der Waals surface area contributed by atoms with Crippen LogP contribution in [0.15, 0.2) is 0 Å². The summed E-state index contributed by atoms with van der Waals surface area (Å²) in [7, 11) is 0. The van der Waals surface area contributed by atoms with Gasteiger partial charge in [-0.2, -0.15) is 0 Å². The van der Waals surface area contributed by atoms with E-state index in [1.54, 1.807) is 0 Å². The maximum absolute atomic E-state index is 8.55. The number of aliphatic hydroxyl groups is 2. The second-order valence-electron chi connectivity index (χ2n) is 1.88. The Bertz CT molecular complexity index is 53.0. The van der Waals surface area contributed by atoms with Crippen molar-refractivity contribution in [3.63, 3.8) is 0 Å². The Morgan fingerprint density at radius 1 is 1.11 bits per heavy atom. The summed E-state index contributed by atoms with van der Waals surface area (Å²) >= 11 is -0.774. The van der Waals surface area contributed by atoms with Crippen molar-refractivity contribution < 1.29 is 10.2 Å². The molecule has 0 spiro atoms. The fourth-order valence-corrected chi connectivity index (χ4v) is 3.69. The van der Waals surface area contributed by atoms with Crippen molar-refractivity contribution in [1.82, 2.24) is 0 Å². The molecule has 0 saturated heterocycles. The molecule has 56 valence electrons. The second-order valence-corrected chi connectivity index (χ2v) is 7.90. The summed E-state index contributed by atoms with van der Waals surface area (Å²) in [4.78, 5) is 0. The zero-order valence-electron chi connectivity index (χ0n) is 5.88. The van der Waals surface area contributed by atoms with Crippen LogP contribution in [0.2, 0.25) is 15.6 Å². The van der Waals surface area contributed by atoms with Crippen molar-refractivity contribution in [2.45, 2.75) is 22.5 Å². The molecule has 0 aromatic carbocycles. The summed E-state index contributed by atoms with van der Waals surface area (Å²) in [6, 6.07) is 0. The van der Waals surface area contributed by atoms with Crippen molar-refractivity contribution >= 4 is 14.7 Å². The Hall–Kier alpha value is 0.478. The monoisotopic (exact) mass is 194 g/mol. The fourth-order valence-electron chi connectivity index (χ4n) is 0.711. The molecule has 9 heavy (non-hydrogen) atoms. The molecule has 0 saturated carbocycles. The van der Waals surface area contributed by atoms with E-state index in [1.165, 1.54) is 5.21 Å².